The van der Waals surface area contributed by atoms with E-state index >= 15 is 0 Å². The number of aliphatic hydroxyl groups excluding tert-OH is 3. The van der Waals surface area contributed by atoms with Gasteiger partial charge in [0, 0.05) is 6.54 Å². The second-order valence-corrected chi connectivity index (χ2v) is 3.70. The molecule has 0 fully saturated rings. The fourth-order valence-electron chi connectivity index (χ4n) is 0.898. The van der Waals surface area contributed by atoms with Crippen LogP contribution in [0.1, 0.15) is 20.3 Å². The molecule has 0 spiro atoms. The smallest absolute Gasteiger partial charge is 0.104 e. The van der Waals surface area contributed by atoms with Gasteiger partial charge in [-0.05, 0) is 18.9 Å². The maximum atomic E-state index is 9.21. The van der Waals surface area contributed by atoms with Crippen LogP contribution in [-0.2, 0) is 0 Å². The number of nitrogens with one attached hydrogen (secondary N) is 1. The first-order valence-corrected chi connectivity index (χ1v) is 4.75. The van der Waals surface area contributed by atoms with Crippen LogP contribution in [0.2, 0.25) is 0 Å². The van der Waals surface area contributed by atoms with Crippen LogP contribution in [-0.4, -0.2) is 47.2 Å². The van der Waals surface area contributed by atoms with Crippen LogP contribution in [0.3, 0.4) is 0 Å². The molecule has 4 N–H and O–H groups in total. The van der Waals surface area contributed by atoms with Crippen molar-refractivity contribution in [1.29, 1.82) is 0 Å². The zero-order valence-electron chi connectivity index (χ0n) is 8.40. The third-order valence-electron chi connectivity index (χ3n) is 1.88. The second kappa shape index (κ2) is 7.26. The van der Waals surface area contributed by atoms with Crippen molar-refractivity contribution < 1.29 is 15.3 Å². The summed E-state index contributed by atoms with van der Waals surface area (Å²) < 4.78 is 0. The molecule has 0 aliphatic rings. The summed E-state index contributed by atoms with van der Waals surface area (Å²) in [6.45, 7) is 5.01. The lowest BCUT2D eigenvalue weighted by Gasteiger charge is -2.16. The van der Waals surface area contributed by atoms with Crippen LogP contribution in [0.25, 0.3) is 0 Å². The molecule has 0 heterocycles. The largest absolute Gasteiger partial charge is 0.394 e. The van der Waals surface area contributed by atoms with E-state index in [4.69, 9.17) is 10.2 Å². The maximum absolute atomic E-state index is 9.21. The molecular weight excluding hydrogens is 170 g/mol. The van der Waals surface area contributed by atoms with Gasteiger partial charge < -0.3 is 20.6 Å². The van der Waals surface area contributed by atoms with Gasteiger partial charge in [0.15, 0.2) is 0 Å². The monoisotopic (exact) mass is 191 g/mol. The van der Waals surface area contributed by atoms with Crippen LogP contribution in [0.4, 0.5) is 0 Å². The summed E-state index contributed by atoms with van der Waals surface area (Å²) in [5.41, 5.74) is 0. The Balaban J connectivity index is 3.31. The quantitative estimate of drug-likeness (QED) is 0.403. The van der Waals surface area contributed by atoms with Gasteiger partial charge in [0.2, 0.25) is 0 Å². The van der Waals surface area contributed by atoms with Crippen LogP contribution in [0.15, 0.2) is 0 Å². The van der Waals surface area contributed by atoms with Crippen molar-refractivity contribution in [2.24, 2.45) is 5.92 Å². The van der Waals surface area contributed by atoms with Gasteiger partial charge in [0.25, 0.3) is 0 Å². The molecule has 0 bridgehead atoms. The highest BCUT2D eigenvalue weighted by Gasteiger charge is 2.13. The summed E-state index contributed by atoms with van der Waals surface area (Å²) in [6, 6.07) is 0. The van der Waals surface area contributed by atoms with E-state index in [0.717, 1.165) is 13.0 Å². The van der Waals surface area contributed by atoms with E-state index in [9.17, 15) is 5.11 Å². The lowest BCUT2D eigenvalue weighted by Crippen LogP contribution is -2.38. The van der Waals surface area contributed by atoms with Crippen LogP contribution in [0.5, 0.6) is 0 Å². The zero-order valence-corrected chi connectivity index (χ0v) is 8.40. The molecule has 13 heavy (non-hydrogen) atoms. The van der Waals surface area contributed by atoms with Crippen molar-refractivity contribution in [3.05, 3.63) is 0 Å². The summed E-state index contributed by atoms with van der Waals surface area (Å²) in [5.74, 6) is 0.632. The van der Waals surface area contributed by atoms with E-state index in [1.165, 1.54) is 0 Å². The van der Waals surface area contributed by atoms with Gasteiger partial charge in [-0.1, -0.05) is 13.8 Å². The van der Waals surface area contributed by atoms with Gasteiger partial charge >= 0.3 is 0 Å². The first-order chi connectivity index (χ1) is 6.07. The summed E-state index contributed by atoms with van der Waals surface area (Å²) in [6.07, 6.45) is -0.870. The highest BCUT2D eigenvalue weighted by molar-refractivity contribution is 4.68. The molecule has 2 unspecified atom stereocenters. The van der Waals surface area contributed by atoms with Crippen molar-refractivity contribution in [2.45, 2.75) is 32.5 Å². The van der Waals surface area contributed by atoms with Crippen LogP contribution >= 0.6 is 0 Å². The Morgan fingerprint density at radius 2 is 1.77 bits per heavy atom. The second-order valence-electron chi connectivity index (χ2n) is 3.70. The molecule has 0 aliphatic carbocycles. The van der Waals surface area contributed by atoms with Gasteiger partial charge in [0.1, 0.15) is 6.10 Å². The molecule has 0 amide bonds. The van der Waals surface area contributed by atoms with Gasteiger partial charge in [-0.15, -0.1) is 0 Å². The Bertz CT molecular complexity index is 119. The topological polar surface area (TPSA) is 72.7 Å². The maximum Gasteiger partial charge on any atom is 0.104 e. The number of hydrogen-bond acceptors (Lipinski definition) is 4. The fraction of sp³-hybridized carbons (Fsp3) is 1.00. The van der Waals surface area contributed by atoms with Gasteiger partial charge in [-0.25, -0.2) is 0 Å². The standard InChI is InChI=1S/C9H21NO3/c1-7(2)3-4-10-5-8(12)9(13)6-11/h7-13H,3-6H2,1-2H3. The summed E-state index contributed by atoms with van der Waals surface area (Å²) in [4.78, 5) is 0. The highest BCUT2D eigenvalue weighted by atomic mass is 16.4. The average molecular weight is 191 g/mol. The van der Waals surface area contributed by atoms with Crippen molar-refractivity contribution >= 4 is 0 Å². The van der Waals surface area contributed by atoms with Crippen LogP contribution < -0.4 is 5.32 Å². The lowest BCUT2D eigenvalue weighted by atomic mass is 10.1. The third kappa shape index (κ3) is 6.95. The van der Waals surface area contributed by atoms with E-state index in [-0.39, 0.29) is 0 Å². The molecule has 4 nitrogen and oxygen atoms in total. The van der Waals surface area contributed by atoms with Crippen molar-refractivity contribution in [3.8, 4) is 0 Å². The Kier molecular flexibility index (Phi) is 7.17. The minimum absolute atomic E-state index is 0.328. The van der Waals surface area contributed by atoms with Crippen molar-refractivity contribution in [2.75, 3.05) is 19.7 Å². The third-order valence-corrected chi connectivity index (χ3v) is 1.88. The Morgan fingerprint density at radius 1 is 1.15 bits per heavy atom. The molecule has 0 aliphatic heterocycles. The van der Waals surface area contributed by atoms with Gasteiger partial charge in [-0.2, -0.15) is 0 Å². The molecular formula is C9H21NO3. The van der Waals surface area contributed by atoms with E-state index in [0.29, 0.717) is 12.5 Å². The summed E-state index contributed by atoms with van der Waals surface area (Å²) in [5, 5.41) is 29.7. The predicted molar refractivity (Wildman–Crippen MR) is 51.4 cm³/mol. The molecule has 2 atom stereocenters. The number of hydrogen-bond donors (Lipinski definition) is 4. The van der Waals surface area contributed by atoms with E-state index in [1.807, 2.05) is 0 Å². The Labute approximate surface area is 79.6 Å². The lowest BCUT2D eigenvalue weighted by molar-refractivity contribution is -0.0128. The molecule has 0 radical (unpaired) electrons. The van der Waals surface area contributed by atoms with Gasteiger partial charge in [0.05, 0.1) is 12.7 Å². The molecule has 0 rings (SSSR count). The first kappa shape index (κ1) is 12.8. The predicted octanol–water partition coefficient (Wildman–Crippen LogP) is -0.664. The minimum Gasteiger partial charge on any atom is -0.394 e. The molecule has 0 saturated carbocycles. The van der Waals surface area contributed by atoms with Gasteiger partial charge in [-0.3, -0.25) is 0 Å². The van der Waals surface area contributed by atoms with E-state index < -0.39 is 18.8 Å². The molecule has 0 aromatic carbocycles. The van der Waals surface area contributed by atoms with E-state index in [2.05, 4.69) is 19.2 Å². The Hall–Kier alpha value is -0.160. The number of aliphatic hydroxyl groups is 3. The number of rotatable bonds is 7. The first-order valence-electron chi connectivity index (χ1n) is 4.75. The van der Waals surface area contributed by atoms with Crippen molar-refractivity contribution in [1.82, 2.24) is 5.32 Å². The SMILES string of the molecule is CC(C)CCNCC(O)C(O)CO. The molecule has 4 heteroatoms. The van der Waals surface area contributed by atoms with Crippen LogP contribution in [0, 0.1) is 5.92 Å². The normalized spacial score (nSPS) is 16.2. The molecule has 80 valence electrons. The molecule has 0 aromatic rings. The Morgan fingerprint density at radius 3 is 2.23 bits per heavy atom. The summed E-state index contributed by atoms with van der Waals surface area (Å²) in [7, 11) is 0. The fourth-order valence-corrected chi connectivity index (χ4v) is 0.898. The highest BCUT2D eigenvalue weighted by Crippen LogP contribution is 1.96. The summed E-state index contributed by atoms with van der Waals surface area (Å²) >= 11 is 0. The van der Waals surface area contributed by atoms with E-state index in [1.54, 1.807) is 0 Å². The van der Waals surface area contributed by atoms with Crippen molar-refractivity contribution in [3.63, 3.8) is 0 Å². The average Bonchev–Trinajstić information content (AvgIpc) is 2.10. The molecule has 0 aromatic heterocycles. The molecule has 0 saturated heterocycles. The minimum atomic E-state index is -1.04. The zero-order chi connectivity index (χ0) is 10.3.